The highest BCUT2D eigenvalue weighted by molar-refractivity contribution is 14.1. The normalized spacial score (nSPS) is 10.1. The number of carbonyl (C=O) groups excluding carboxylic acids is 1. The molecule has 1 aromatic rings. The topological polar surface area (TPSA) is 61.2 Å². The molecule has 0 N–H and O–H groups in total. The first-order chi connectivity index (χ1) is 7.65. The zero-order valence-electron chi connectivity index (χ0n) is 8.98. The van der Waals surface area contributed by atoms with E-state index in [1.807, 2.05) is 29.5 Å². The first-order valence-electron chi connectivity index (χ1n) is 5.00. The lowest BCUT2D eigenvalue weighted by Crippen LogP contribution is -2.27. The molecule has 88 valence electrons. The minimum Gasteiger partial charge on any atom is -0.464 e. The van der Waals surface area contributed by atoms with Gasteiger partial charge in [-0.2, -0.15) is 0 Å². The Hall–Kier alpha value is -0.920. The lowest BCUT2D eigenvalue weighted by molar-refractivity contribution is -0.144. The number of ether oxygens (including phenoxy) is 1. The molecule has 1 aromatic heterocycles. The van der Waals surface area contributed by atoms with Crippen LogP contribution in [0.1, 0.15) is 19.8 Å². The van der Waals surface area contributed by atoms with E-state index < -0.39 is 5.97 Å². The maximum absolute atomic E-state index is 11.5. The molecule has 0 bridgehead atoms. The van der Waals surface area contributed by atoms with Crippen LogP contribution in [-0.4, -0.2) is 22.1 Å². The Morgan fingerprint density at radius 1 is 1.62 bits per heavy atom. The smallest absolute Gasteiger partial charge is 0.326 e. The molecule has 0 atom stereocenters. The van der Waals surface area contributed by atoms with Crippen LogP contribution in [0.5, 0.6) is 0 Å². The van der Waals surface area contributed by atoms with E-state index in [2.05, 4.69) is 4.98 Å². The summed E-state index contributed by atoms with van der Waals surface area (Å²) < 4.78 is 6.69. The van der Waals surface area contributed by atoms with Gasteiger partial charge in [-0.05, 0) is 29.0 Å². The number of aromatic nitrogens is 2. The van der Waals surface area contributed by atoms with Gasteiger partial charge in [-0.1, -0.05) is 13.3 Å². The predicted molar refractivity (Wildman–Crippen MR) is 67.1 cm³/mol. The largest absolute Gasteiger partial charge is 0.464 e. The zero-order valence-corrected chi connectivity index (χ0v) is 11.1. The number of unbranched alkanes of at least 4 members (excludes halogenated alkanes) is 1. The third kappa shape index (κ3) is 3.92. The van der Waals surface area contributed by atoms with Crippen molar-refractivity contribution in [3.05, 3.63) is 26.4 Å². The molecule has 16 heavy (non-hydrogen) atoms. The summed E-state index contributed by atoms with van der Waals surface area (Å²) in [5.74, 6) is -0.403. The molecule has 0 saturated carbocycles. The third-order valence-electron chi connectivity index (χ3n) is 1.92. The first kappa shape index (κ1) is 13.1. The Morgan fingerprint density at radius 3 is 3.06 bits per heavy atom. The Kier molecular flexibility index (Phi) is 5.44. The standard InChI is InChI=1S/C10H13IN2O3/c1-2-3-4-16-9(14)6-13-7-12-5-8(11)10(13)15/h5,7H,2-4,6H2,1H3. The molecule has 0 radical (unpaired) electrons. The van der Waals surface area contributed by atoms with Crippen molar-refractivity contribution in [2.75, 3.05) is 6.61 Å². The average molecular weight is 336 g/mol. The Morgan fingerprint density at radius 2 is 2.38 bits per heavy atom. The summed E-state index contributed by atoms with van der Waals surface area (Å²) >= 11 is 1.88. The van der Waals surface area contributed by atoms with Gasteiger partial charge in [0.2, 0.25) is 0 Å². The van der Waals surface area contributed by atoms with Crippen LogP contribution in [0.15, 0.2) is 17.3 Å². The molecule has 0 unspecified atom stereocenters. The Bertz CT molecular complexity index is 417. The second-order valence-corrected chi connectivity index (χ2v) is 4.41. The van der Waals surface area contributed by atoms with Crippen molar-refractivity contribution < 1.29 is 9.53 Å². The fraction of sp³-hybridized carbons (Fsp3) is 0.500. The van der Waals surface area contributed by atoms with Crippen LogP contribution < -0.4 is 5.56 Å². The monoisotopic (exact) mass is 336 g/mol. The molecule has 1 rings (SSSR count). The van der Waals surface area contributed by atoms with Crippen molar-refractivity contribution in [2.24, 2.45) is 0 Å². The van der Waals surface area contributed by atoms with E-state index in [9.17, 15) is 9.59 Å². The summed E-state index contributed by atoms with van der Waals surface area (Å²) in [6.45, 7) is 2.34. The molecule has 0 aliphatic carbocycles. The van der Waals surface area contributed by atoms with E-state index in [1.165, 1.54) is 17.1 Å². The zero-order chi connectivity index (χ0) is 12.0. The van der Waals surface area contributed by atoms with Crippen molar-refractivity contribution in [1.29, 1.82) is 0 Å². The van der Waals surface area contributed by atoms with Gasteiger partial charge in [0.15, 0.2) is 0 Å². The number of hydrogen-bond donors (Lipinski definition) is 0. The maximum atomic E-state index is 11.5. The van der Waals surface area contributed by atoms with Crippen molar-refractivity contribution in [3.63, 3.8) is 0 Å². The molecule has 0 fully saturated rings. The van der Waals surface area contributed by atoms with E-state index >= 15 is 0 Å². The van der Waals surface area contributed by atoms with Gasteiger partial charge in [-0.3, -0.25) is 14.2 Å². The van der Waals surface area contributed by atoms with Gasteiger partial charge < -0.3 is 4.74 Å². The molecule has 0 saturated heterocycles. The minimum atomic E-state index is -0.403. The van der Waals surface area contributed by atoms with E-state index in [-0.39, 0.29) is 12.1 Å². The number of carbonyl (C=O) groups is 1. The fourth-order valence-electron chi connectivity index (χ4n) is 1.05. The second kappa shape index (κ2) is 6.62. The summed E-state index contributed by atoms with van der Waals surface area (Å²) in [5.41, 5.74) is -0.219. The van der Waals surface area contributed by atoms with Gasteiger partial charge in [0.05, 0.1) is 16.5 Å². The van der Waals surface area contributed by atoms with Crippen LogP contribution >= 0.6 is 22.6 Å². The Balaban J connectivity index is 2.56. The lowest BCUT2D eigenvalue weighted by Gasteiger charge is -2.05. The van der Waals surface area contributed by atoms with Crippen molar-refractivity contribution >= 4 is 28.6 Å². The first-order valence-corrected chi connectivity index (χ1v) is 6.08. The third-order valence-corrected chi connectivity index (χ3v) is 2.66. The number of hydrogen-bond acceptors (Lipinski definition) is 4. The molecule has 5 nitrogen and oxygen atoms in total. The van der Waals surface area contributed by atoms with Gasteiger partial charge >= 0.3 is 5.97 Å². The number of rotatable bonds is 5. The number of halogens is 1. The SMILES string of the molecule is CCCCOC(=O)Cn1cncc(I)c1=O. The van der Waals surface area contributed by atoms with E-state index in [1.54, 1.807) is 0 Å². The van der Waals surface area contributed by atoms with Crippen LogP contribution in [0.25, 0.3) is 0 Å². The molecule has 0 amide bonds. The molecule has 1 heterocycles. The van der Waals surface area contributed by atoms with Gasteiger partial charge in [-0.15, -0.1) is 0 Å². The summed E-state index contributed by atoms with van der Waals surface area (Å²) in [6.07, 6.45) is 4.61. The van der Waals surface area contributed by atoms with Crippen LogP contribution in [0.3, 0.4) is 0 Å². The van der Waals surface area contributed by atoms with Crippen LogP contribution in [-0.2, 0) is 16.1 Å². The fourth-order valence-corrected chi connectivity index (χ4v) is 1.52. The van der Waals surface area contributed by atoms with Gasteiger partial charge in [0.1, 0.15) is 6.54 Å². The summed E-state index contributed by atoms with van der Waals surface area (Å²) in [5, 5.41) is 0. The molecule has 0 spiro atoms. The molecule has 0 aliphatic rings. The van der Waals surface area contributed by atoms with Gasteiger partial charge in [-0.25, -0.2) is 4.98 Å². The summed E-state index contributed by atoms with van der Waals surface area (Å²) in [6, 6.07) is 0. The second-order valence-electron chi connectivity index (χ2n) is 3.25. The van der Waals surface area contributed by atoms with Gasteiger partial charge in [0, 0.05) is 6.20 Å². The van der Waals surface area contributed by atoms with E-state index in [0.717, 1.165) is 12.8 Å². The van der Waals surface area contributed by atoms with E-state index in [4.69, 9.17) is 4.74 Å². The number of nitrogens with zero attached hydrogens (tertiary/aromatic N) is 2. The molecular weight excluding hydrogens is 323 g/mol. The number of esters is 1. The predicted octanol–water partition coefficient (Wildman–Crippen LogP) is 1.19. The van der Waals surface area contributed by atoms with Gasteiger partial charge in [0.25, 0.3) is 5.56 Å². The molecular formula is C10H13IN2O3. The van der Waals surface area contributed by atoms with Crippen LogP contribution in [0, 0.1) is 3.57 Å². The summed E-state index contributed by atoms with van der Waals surface area (Å²) in [7, 11) is 0. The quantitative estimate of drug-likeness (QED) is 0.460. The summed E-state index contributed by atoms with van der Waals surface area (Å²) in [4.78, 5) is 26.7. The molecule has 0 aromatic carbocycles. The highest BCUT2D eigenvalue weighted by Crippen LogP contribution is 1.94. The van der Waals surface area contributed by atoms with Crippen LogP contribution in [0.4, 0.5) is 0 Å². The maximum Gasteiger partial charge on any atom is 0.326 e. The molecule has 6 heteroatoms. The minimum absolute atomic E-state index is 0.0770. The van der Waals surface area contributed by atoms with Crippen molar-refractivity contribution in [1.82, 2.24) is 9.55 Å². The van der Waals surface area contributed by atoms with E-state index in [0.29, 0.717) is 10.2 Å². The average Bonchev–Trinajstić information content (AvgIpc) is 2.25. The molecule has 0 aliphatic heterocycles. The van der Waals surface area contributed by atoms with Crippen molar-refractivity contribution in [3.8, 4) is 0 Å². The van der Waals surface area contributed by atoms with Crippen molar-refractivity contribution in [2.45, 2.75) is 26.3 Å². The highest BCUT2D eigenvalue weighted by Gasteiger charge is 2.07. The lowest BCUT2D eigenvalue weighted by atomic mass is 10.4. The highest BCUT2D eigenvalue weighted by atomic mass is 127. The van der Waals surface area contributed by atoms with Crippen LogP contribution in [0.2, 0.25) is 0 Å². The Labute approximate surface area is 107 Å².